The fourth-order valence-corrected chi connectivity index (χ4v) is 2.91. The van der Waals surface area contributed by atoms with E-state index in [-0.39, 0.29) is 5.84 Å². The number of hydrogen-bond acceptors (Lipinski definition) is 5. The average molecular weight is 299 g/mol. The molecule has 3 aromatic rings. The molecular weight excluding hydrogens is 286 g/mol. The molecule has 106 valence electrons. The van der Waals surface area contributed by atoms with E-state index in [1.807, 2.05) is 53.9 Å². The summed E-state index contributed by atoms with van der Waals surface area (Å²) < 4.78 is 1.89. The number of rotatable bonds is 3. The van der Waals surface area contributed by atoms with E-state index in [4.69, 9.17) is 10.9 Å². The molecule has 3 N–H and O–H groups in total. The molecular formula is C14H13N5OS. The number of benzene rings is 1. The molecule has 0 spiro atoms. The summed E-state index contributed by atoms with van der Waals surface area (Å²) in [5.74, 6) is 0.0787. The lowest BCUT2D eigenvalue weighted by molar-refractivity contribution is 0.318. The minimum atomic E-state index is 0.0787. The van der Waals surface area contributed by atoms with Crippen LogP contribution < -0.4 is 5.73 Å². The van der Waals surface area contributed by atoms with E-state index in [2.05, 4.69) is 15.4 Å². The highest BCUT2D eigenvalue weighted by Gasteiger charge is 2.12. The Hall–Kier alpha value is -2.54. The molecule has 0 unspecified atom stereocenters. The van der Waals surface area contributed by atoms with E-state index in [9.17, 15) is 0 Å². The van der Waals surface area contributed by atoms with Crippen LogP contribution in [0.3, 0.4) is 0 Å². The van der Waals surface area contributed by atoms with Gasteiger partial charge in [0.25, 0.3) is 0 Å². The van der Waals surface area contributed by atoms with Gasteiger partial charge in [-0.25, -0.2) is 0 Å². The summed E-state index contributed by atoms with van der Waals surface area (Å²) in [6.45, 7) is 1.95. The second-order valence-corrected chi connectivity index (χ2v) is 5.51. The van der Waals surface area contributed by atoms with Crippen LogP contribution in [-0.2, 0) is 0 Å². The fourth-order valence-electron chi connectivity index (χ4n) is 1.97. The van der Waals surface area contributed by atoms with Crippen LogP contribution in [0.4, 0.5) is 0 Å². The lowest BCUT2D eigenvalue weighted by atomic mass is 10.1. The highest BCUT2D eigenvalue weighted by Crippen LogP contribution is 2.30. The van der Waals surface area contributed by atoms with Gasteiger partial charge in [-0.2, -0.15) is 0 Å². The van der Waals surface area contributed by atoms with Gasteiger partial charge in [0.2, 0.25) is 0 Å². The zero-order valence-corrected chi connectivity index (χ0v) is 12.1. The summed E-state index contributed by atoms with van der Waals surface area (Å²) in [4.78, 5) is 0.856. The summed E-state index contributed by atoms with van der Waals surface area (Å²) in [7, 11) is 0. The van der Waals surface area contributed by atoms with Gasteiger partial charge in [0.05, 0.1) is 0 Å². The number of nitrogens with two attached hydrogens (primary N) is 1. The van der Waals surface area contributed by atoms with Crippen LogP contribution in [0.15, 0.2) is 57.8 Å². The van der Waals surface area contributed by atoms with E-state index >= 15 is 0 Å². The molecule has 0 saturated heterocycles. The molecule has 6 nitrogen and oxygen atoms in total. The molecule has 0 radical (unpaired) electrons. The predicted molar refractivity (Wildman–Crippen MR) is 80.8 cm³/mol. The van der Waals surface area contributed by atoms with Crippen LogP contribution in [0.25, 0.3) is 5.65 Å². The third-order valence-electron chi connectivity index (χ3n) is 3.00. The van der Waals surface area contributed by atoms with Crippen molar-refractivity contribution < 1.29 is 5.21 Å². The molecule has 2 heterocycles. The number of aryl methyl sites for hydroxylation is 1. The molecule has 21 heavy (non-hydrogen) atoms. The number of nitrogens with zero attached hydrogens (tertiary/aromatic N) is 4. The van der Waals surface area contributed by atoms with E-state index in [1.54, 1.807) is 0 Å². The van der Waals surface area contributed by atoms with Crippen molar-refractivity contribution in [3.05, 3.63) is 53.7 Å². The second kappa shape index (κ2) is 5.45. The molecule has 0 aliphatic carbocycles. The summed E-state index contributed by atoms with van der Waals surface area (Å²) in [5, 5.41) is 21.0. The Kier molecular flexibility index (Phi) is 3.49. The summed E-state index contributed by atoms with van der Waals surface area (Å²) in [6.07, 6.45) is 1.90. The SMILES string of the molecule is Cc1ccc(Sc2nnc3ccccn23)c(/C(N)=N/O)c1. The number of aromatic nitrogens is 3. The second-order valence-electron chi connectivity index (χ2n) is 4.50. The van der Waals surface area contributed by atoms with Crippen molar-refractivity contribution in [2.24, 2.45) is 10.9 Å². The van der Waals surface area contributed by atoms with Gasteiger partial charge in [-0.1, -0.05) is 22.9 Å². The Labute approximate surface area is 125 Å². The maximum absolute atomic E-state index is 8.92. The molecule has 0 fully saturated rings. The van der Waals surface area contributed by atoms with Gasteiger partial charge in [0, 0.05) is 16.7 Å². The maximum Gasteiger partial charge on any atom is 0.200 e. The van der Waals surface area contributed by atoms with Gasteiger partial charge in [0.1, 0.15) is 0 Å². The largest absolute Gasteiger partial charge is 0.409 e. The standard InChI is InChI=1S/C14H13N5OS/c1-9-5-6-11(10(8-9)13(15)18-20)21-14-17-16-12-4-2-3-7-19(12)14/h2-8,20H,1H3,(H2,15,18). The quantitative estimate of drug-likeness (QED) is 0.335. The van der Waals surface area contributed by atoms with E-state index in [0.717, 1.165) is 21.3 Å². The highest BCUT2D eigenvalue weighted by atomic mass is 32.2. The fraction of sp³-hybridized carbons (Fsp3) is 0.0714. The van der Waals surface area contributed by atoms with Crippen molar-refractivity contribution in [1.82, 2.24) is 14.6 Å². The molecule has 0 amide bonds. The minimum absolute atomic E-state index is 0.0787. The summed E-state index contributed by atoms with van der Waals surface area (Å²) in [5.41, 5.74) is 8.24. The first-order valence-corrected chi connectivity index (χ1v) is 7.07. The van der Waals surface area contributed by atoms with Gasteiger partial charge in [-0.3, -0.25) is 4.40 Å². The zero-order chi connectivity index (χ0) is 14.8. The van der Waals surface area contributed by atoms with Crippen LogP contribution in [0.1, 0.15) is 11.1 Å². The smallest absolute Gasteiger partial charge is 0.200 e. The van der Waals surface area contributed by atoms with Crippen molar-refractivity contribution >= 4 is 23.2 Å². The van der Waals surface area contributed by atoms with Crippen LogP contribution in [0.5, 0.6) is 0 Å². The lowest BCUT2D eigenvalue weighted by Crippen LogP contribution is -2.14. The Balaban J connectivity index is 2.06. The van der Waals surface area contributed by atoms with Gasteiger partial charge >= 0.3 is 0 Å². The van der Waals surface area contributed by atoms with Crippen molar-refractivity contribution in [3.8, 4) is 0 Å². The molecule has 3 rings (SSSR count). The minimum Gasteiger partial charge on any atom is -0.409 e. The number of hydrogen-bond donors (Lipinski definition) is 2. The first kappa shape index (κ1) is 13.4. The molecule has 0 bridgehead atoms. The topological polar surface area (TPSA) is 88.8 Å². The van der Waals surface area contributed by atoms with Crippen molar-refractivity contribution in [2.75, 3.05) is 0 Å². The number of oxime groups is 1. The number of fused-ring (bicyclic) bond motifs is 1. The summed E-state index contributed by atoms with van der Waals surface area (Å²) in [6, 6.07) is 11.5. The molecule has 2 aromatic heterocycles. The Morgan fingerprint density at radius 2 is 2.14 bits per heavy atom. The van der Waals surface area contributed by atoms with Crippen molar-refractivity contribution in [2.45, 2.75) is 17.0 Å². The molecule has 0 saturated carbocycles. The normalized spacial score (nSPS) is 12.0. The number of pyridine rings is 1. The monoisotopic (exact) mass is 299 g/mol. The number of amidine groups is 1. The molecule has 0 atom stereocenters. The Morgan fingerprint density at radius 1 is 1.29 bits per heavy atom. The molecule has 7 heteroatoms. The van der Waals surface area contributed by atoms with Crippen molar-refractivity contribution in [1.29, 1.82) is 0 Å². The van der Waals surface area contributed by atoms with Gasteiger partial charge in [-0.15, -0.1) is 10.2 Å². The zero-order valence-electron chi connectivity index (χ0n) is 11.3. The van der Waals surface area contributed by atoms with Gasteiger partial charge in [0.15, 0.2) is 16.6 Å². The Bertz CT molecular complexity index is 827. The van der Waals surface area contributed by atoms with Gasteiger partial charge < -0.3 is 10.9 Å². The third-order valence-corrected chi connectivity index (χ3v) is 4.04. The molecule has 0 aliphatic rings. The maximum atomic E-state index is 8.92. The van der Waals surface area contributed by atoms with Crippen LogP contribution in [0.2, 0.25) is 0 Å². The third kappa shape index (κ3) is 2.55. The van der Waals surface area contributed by atoms with Gasteiger partial charge in [-0.05, 0) is 43.0 Å². The highest BCUT2D eigenvalue weighted by molar-refractivity contribution is 7.99. The Morgan fingerprint density at radius 3 is 2.95 bits per heavy atom. The lowest BCUT2D eigenvalue weighted by Gasteiger charge is -2.08. The van der Waals surface area contributed by atoms with E-state index in [0.29, 0.717) is 5.56 Å². The first-order valence-electron chi connectivity index (χ1n) is 6.25. The first-order chi connectivity index (χ1) is 10.2. The van der Waals surface area contributed by atoms with Crippen molar-refractivity contribution in [3.63, 3.8) is 0 Å². The van der Waals surface area contributed by atoms with Crippen LogP contribution in [-0.4, -0.2) is 25.6 Å². The molecule has 1 aromatic carbocycles. The van der Waals surface area contributed by atoms with Crippen LogP contribution in [0, 0.1) is 6.92 Å². The van der Waals surface area contributed by atoms with Crippen LogP contribution >= 0.6 is 11.8 Å². The average Bonchev–Trinajstić information content (AvgIpc) is 2.91. The van der Waals surface area contributed by atoms with E-state index in [1.165, 1.54) is 11.8 Å². The van der Waals surface area contributed by atoms with E-state index < -0.39 is 0 Å². The molecule has 0 aliphatic heterocycles. The predicted octanol–water partition coefficient (Wildman–Crippen LogP) is 2.28. The summed E-state index contributed by atoms with van der Waals surface area (Å²) >= 11 is 1.42.